The van der Waals surface area contributed by atoms with E-state index < -0.39 is 0 Å². The molecule has 3 nitrogen and oxygen atoms in total. The lowest BCUT2D eigenvalue weighted by Gasteiger charge is -2.20. The Labute approximate surface area is 127 Å². The van der Waals surface area contributed by atoms with Crippen LogP contribution in [-0.2, 0) is 0 Å². The maximum Gasteiger partial charge on any atom is 0.253 e. The highest BCUT2D eigenvalue weighted by Gasteiger charge is 2.17. The minimum atomic E-state index is 0.0679. The van der Waals surface area contributed by atoms with E-state index in [4.69, 9.17) is 5.11 Å². The Kier molecular flexibility index (Phi) is 5.83. The number of benzene rings is 1. The number of hydrogen-bond donors (Lipinski definition) is 1. The molecule has 0 aromatic heterocycles. The summed E-state index contributed by atoms with van der Waals surface area (Å²) in [6.07, 6.45) is 5.09. The molecule has 1 fully saturated rings. The van der Waals surface area contributed by atoms with Crippen molar-refractivity contribution in [3.8, 4) is 11.8 Å². The Balaban J connectivity index is 2.17. The highest BCUT2D eigenvalue weighted by Crippen LogP contribution is 2.16. The number of carbonyl (C=O) groups is 1. The number of nitrogens with zero attached hydrogens (tertiary/aromatic N) is 1. The van der Waals surface area contributed by atoms with Crippen molar-refractivity contribution in [2.75, 3.05) is 19.7 Å². The average Bonchev–Trinajstić information content (AvgIpc) is 2.78. The number of aliphatic hydroxyl groups excluding tert-OH is 1. The standard InChI is InChI=1S/C18H23NO2/c1-15-9-10-17(14-16(15)8-4-7-13-20)18(21)19-11-5-2-3-6-12-19/h9-10,14,20H,2-3,5-7,11-13H2,1H3. The first-order chi connectivity index (χ1) is 10.2. The summed E-state index contributed by atoms with van der Waals surface area (Å²) in [4.78, 5) is 14.5. The molecule has 1 saturated heterocycles. The number of aryl methyl sites for hydroxylation is 1. The third-order valence-corrected chi connectivity index (χ3v) is 3.84. The quantitative estimate of drug-likeness (QED) is 0.849. The lowest BCUT2D eigenvalue weighted by Crippen LogP contribution is -2.31. The van der Waals surface area contributed by atoms with Gasteiger partial charge in [-0.2, -0.15) is 0 Å². The molecule has 1 N–H and O–H groups in total. The maximum absolute atomic E-state index is 12.6. The van der Waals surface area contributed by atoms with Crippen LogP contribution in [0.5, 0.6) is 0 Å². The molecule has 1 aromatic rings. The minimum Gasteiger partial charge on any atom is -0.395 e. The number of amides is 1. The maximum atomic E-state index is 12.6. The third kappa shape index (κ3) is 4.34. The van der Waals surface area contributed by atoms with Crippen LogP contribution in [0.4, 0.5) is 0 Å². The summed E-state index contributed by atoms with van der Waals surface area (Å²) < 4.78 is 0. The molecule has 2 rings (SSSR count). The van der Waals surface area contributed by atoms with Crippen molar-refractivity contribution in [2.45, 2.75) is 39.0 Å². The van der Waals surface area contributed by atoms with Crippen molar-refractivity contribution in [2.24, 2.45) is 0 Å². The van der Waals surface area contributed by atoms with Gasteiger partial charge in [-0.15, -0.1) is 0 Å². The van der Waals surface area contributed by atoms with E-state index in [-0.39, 0.29) is 12.5 Å². The van der Waals surface area contributed by atoms with Gasteiger partial charge in [-0.25, -0.2) is 0 Å². The van der Waals surface area contributed by atoms with Gasteiger partial charge in [0.05, 0.1) is 6.61 Å². The fraction of sp³-hybridized carbons (Fsp3) is 0.500. The number of likely N-dealkylation sites (tertiary alicyclic amines) is 1. The van der Waals surface area contributed by atoms with E-state index in [1.165, 1.54) is 12.8 Å². The number of hydrogen-bond acceptors (Lipinski definition) is 2. The largest absolute Gasteiger partial charge is 0.395 e. The van der Waals surface area contributed by atoms with Crippen molar-refractivity contribution in [3.05, 3.63) is 34.9 Å². The molecule has 1 heterocycles. The molecule has 0 radical (unpaired) electrons. The zero-order chi connectivity index (χ0) is 15.1. The molecule has 0 aliphatic carbocycles. The summed E-state index contributed by atoms with van der Waals surface area (Å²) in [7, 11) is 0. The molecule has 1 aromatic carbocycles. The fourth-order valence-corrected chi connectivity index (χ4v) is 2.56. The van der Waals surface area contributed by atoms with E-state index in [1.807, 2.05) is 30.0 Å². The summed E-state index contributed by atoms with van der Waals surface area (Å²) in [5.74, 6) is 6.08. The first kappa shape index (κ1) is 15.6. The summed E-state index contributed by atoms with van der Waals surface area (Å²) in [6.45, 7) is 3.78. The molecule has 1 aliphatic heterocycles. The molecular weight excluding hydrogens is 262 g/mol. The molecule has 0 unspecified atom stereocenters. The van der Waals surface area contributed by atoms with Gasteiger partial charge in [0, 0.05) is 30.6 Å². The van der Waals surface area contributed by atoms with Gasteiger partial charge in [-0.05, 0) is 37.5 Å². The van der Waals surface area contributed by atoms with Crippen LogP contribution in [0.3, 0.4) is 0 Å². The van der Waals surface area contributed by atoms with Crippen LogP contribution < -0.4 is 0 Å². The SMILES string of the molecule is Cc1ccc(C(=O)N2CCCCCC2)cc1C#CCCO. The van der Waals surface area contributed by atoms with Crippen LogP contribution in [0.15, 0.2) is 18.2 Å². The van der Waals surface area contributed by atoms with Gasteiger partial charge < -0.3 is 10.0 Å². The van der Waals surface area contributed by atoms with Crippen LogP contribution in [0.25, 0.3) is 0 Å². The molecule has 0 saturated carbocycles. The normalized spacial score (nSPS) is 15.0. The van der Waals surface area contributed by atoms with Crippen molar-refractivity contribution < 1.29 is 9.90 Å². The van der Waals surface area contributed by atoms with E-state index in [9.17, 15) is 4.79 Å². The Bertz CT molecular complexity index is 546. The topological polar surface area (TPSA) is 40.5 Å². The Morgan fingerprint density at radius 2 is 1.95 bits per heavy atom. The van der Waals surface area contributed by atoms with Crippen molar-refractivity contribution in [3.63, 3.8) is 0 Å². The third-order valence-electron chi connectivity index (χ3n) is 3.84. The average molecular weight is 285 g/mol. The number of rotatable bonds is 2. The van der Waals surface area contributed by atoms with Crippen molar-refractivity contribution >= 4 is 5.91 Å². The molecular formula is C18H23NO2. The number of aliphatic hydroxyl groups is 1. The van der Waals surface area contributed by atoms with Crippen molar-refractivity contribution in [1.29, 1.82) is 0 Å². The predicted octanol–water partition coefficient (Wildman–Crippen LogP) is 2.75. The van der Waals surface area contributed by atoms with Crippen molar-refractivity contribution in [1.82, 2.24) is 4.90 Å². The smallest absolute Gasteiger partial charge is 0.253 e. The molecule has 0 bridgehead atoms. The molecule has 112 valence electrons. The van der Waals surface area contributed by atoms with Gasteiger partial charge in [0.1, 0.15) is 0 Å². The lowest BCUT2D eigenvalue weighted by atomic mass is 10.0. The number of carbonyl (C=O) groups excluding carboxylic acids is 1. The lowest BCUT2D eigenvalue weighted by molar-refractivity contribution is 0.0761. The fourth-order valence-electron chi connectivity index (χ4n) is 2.56. The Morgan fingerprint density at radius 1 is 1.24 bits per heavy atom. The molecule has 21 heavy (non-hydrogen) atoms. The van der Waals surface area contributed by atoms with E-state index in [2.05, 4.69) is 11.8 Å². The van der Waals surface area contributed by atoms with Gasteiger partial charge in [-0.3, -0.25) is 4.79 Å². The van der Waals surface area contributed by atoms with Crippen LogP contribution >= 0.6 is 0 Å². The van der Waals surface area contributed by atoms with Crippen LogP contribution in [0, 0.1) is 18.8 Å². The molecule has 3 heteroatoms. The first-order valence-electron chi connectivity index (χ1n) is 7.72. The zero-order valence-electron chi connectivity index (χ0n) is 12.7. The Morgan fingerprint density at radius 3 is 2.62 bits per heavy atom. The van der Waals surface area contributed by atoms with E-state index >= 15 is 0 Å². The molecule has 1 amide bonds. The van der Waals surface area contributed by atoms with Crippen LogP contribution in [0.1, 0.15) is 53.6 Å². The molecule has 1 aliphatic rings. The molecule has 0 atom stereocenters. The highest BCUT2D eigenvalue weighted by molar-refractivity contribution is 5.94. The second-order valence-corrected chi connectivity index (χ2v) is 5.51. The van der Waals surface area contributed by atoms with E-state index in [0.29, 0.717) is 6.42 Å². The van der Waals surface area contributed by atoms with Gasteiger partial charge in [0.25, 0.3) is 5.91 Å². The Hall–Kier alpha value is -1.79. The monoisotopic (exact) mass is 285 g/mol. The van der Waals surface area contributed by atoms with Gasteiger partial charge in [0.2, 0.25) is 0 Å². The zero-order valence-corrected chi connectivity index (χ0v) is 12.7. The van der Waals surface area contributed by atoms with Crippen LogP contribution in [-0.4, -0.2) is 35.6 Å². The van der Waals surface area contributed by atoms with E-state index in [0.717, 1.165) is 42.6 Å². The second kappa shape index (κ2) is 7.85. The van der Waals surface area contributed by atoms with Gasteiger partial charge in [0.15, 0.2) is 0 Å². The summed E-state index contributed by atoms with van der Waals surface area (Å²) in [5, 5.41) is 8.79. The second-order valence-electron chi connectivity index (χ2n) is 5.51. The summed E-state index contributed by atoms with van der Waals surface area (Å²) >= 11 is 0. The molecule has 0 spiro atoms. The highest BCUT2D eigenvalue weighted by atomic mass is 16.2. The summed E-state index contributed by atoms with van der Waals surface area (Å²) in [5.41, 5.74) is 2.66. The van der Waals surface area contributed by atoms with Gasteiger partial charge in [-0.1, -0.05) is 30.7 Å². The first-order valence-corrected chi connectivity index (χ1v) is 7.72. The van der Waals surface area contributed by atoms with Crippen LogP contribution in [0.2, 0.25) is 0 Å². The van der Waals surface area contributed by atoms with E-state index in [1.54, 1.807) is 0 Å². The van der Waals surface area contributed by atoms with Gasteiger partial charge >= 0.3 is 0 Å². The summed E-state index contributed by atoms with van der Waals surface area (Å²) in [6, 6.07) is 5.72. The predicted molar refractivity (Wildman–Crippen MR) is 84.1 cm³/mol. The minimum absolute atomic E-state index is 0.0679.